The highest BCUT2D eigenvalue weighted by molar-refractivity contribution is 8.01. The Labute approximate surface area is 192 Å². The van der Waals surface area contributed by atoms with Crippen LogP contribution in [0.15, 0.2) is 46.4 Å². The van der Waals surface area contributed by atoms with E-state index in [0.29, 0.717) is 11.8 Å². The van der Waals surface area contributed by atoms with Crippen molar-refractivity contribution in [1.29, 1.82) is 0 Å². The predicted molar refractivity (Wildman–Crippen MR) is 129 cm³/mol. The molecule has 166 valence electrons. The summed E-state index contributed by atoms with van der Waals surface area (Å²) in [4.78, 5) is 11.3. The second kappa shape index (κ2) is 11.3. The first-order valence-electron chi connectivity index (χ1n) is 11.0. The maximum Gasteiger partial charge on any atom is 0.149 e. The van der Waals surface area contributed by atoms with E-state index in [0.717, 1.165) is 53.8 Å². The summed E-state index contributed by atoms with van der Waals surface area (Å²) in [6, 6.07) is 8.22. The zero-order valence-corrected chi connectivity index (χ0v) is 19.7. The van der Waals surface area contributed by atoms with E-state index in [1.807, 2.05) is 41.7 Å². The summed E-state index contributed by atoms with van der Waals surface area (Å²) >= 11 is 3.54. The van der Waals surface area contributed by atoms with Crippen LogP contribution in [0, 0.1) is 11.8 Å². The first kappa shape index (κ1) is 22.5. The molecule has 3 aromatic rings. The number of aromatic nitrogens is 2. The normalized spacial score (nSPS) is 19.7. The van der Waals surface area contributed by atoms with E-state index >= 15 is 0 Å². The van der Waals surface area contributed by atoms with Crippen LogP contribution in [0.25, 0.3) is 10.9 Å². The highest BCUT2D eigenvalue weighted by atomic mass is 32.2. The van der Waals surface area contributed by atoms with Crippen molar-refractivity contribution in [2.45, 2.75) is 30.0 Å². The van der Waals surface area contributed by atoms with Crippen LogP contribution in [-0.4, -0.2) is 59.1 Å². The van der Waals surface area contributed by atoms with Gasteiger partial charge in [-0.25, -0.2) is 4.98 Å². The number of pyridine rings is 1. The Balaban J connectivity index is 1.26. The fourth-order valence-electron chi connectivity index (χ4n) is 4.57. The quantitative estimate of drug-likeness (QED) is 0.444. The molecule has 0 bridgehead atoms. The SMILES string of the molecule is COc1ccc2nccc(CCC[C@@H]3CCN(CCSc4nccs4)C[C@@H]3CO)c2c1. The summed E-state index contributed by atoms with van der Waals surface area (Å²) in [5.41, 5.74) is 2.36. The number of thioether (sulfide) groups is 1. The number of aryl methyl sites for hydroxylation is 1. The minimum absolute atomic E-state index is 0.288. The summed E-state index contributed by atoms with van der Waals surface area (Å²) in [5.74, 6) is 2.93. The molecule has 5 nitrogen and oxygen atoms in total. The number of aliphatic hydroxyl groups is 1. The second-order valence-electron chi connectivity index (χ2n) is 8.18. The lowest BCUT2D eigenvalue weighted by molar-refractivity contribution is 0.0710. The predicted octanol–water partition coefficient (Wildman–Crippen LogP) is 4.75. The van der Waals surface area contributed by atoms with Gasteiger partial charge in [0, 0.05) is 48.6 Å². The number of ether oxygens (including phenoxy) is 1. The van der Waals surface area contributed by atoms with Crippen LogP contribution < -0.4 is 4.74 Å². The smallest absolute Gasteiger partial charge is 0.149 e. The Hall–Kier alpha value is -1.67. The monoisotopic (exact) mass is 457 g/mol. The Kier molecular flexibility index (Phi) is 8.19. The van der Waals surface area contributed by atoms with Crippen LogP contribution in [0.4, 0.5) is 0 Å². The number of aliphatic hydroxyl groups excluding tert-OH is 1. The Morgan fingerprint density at radius 1 is 1.23 bits per heavy atom. The summed E-state index contributed by atoms with van der Waals surface area (Å²) in [6.45, 7) is 3.50. The molecule has 31 heavy (non-hydrogen) atoms. The average Bonchev–Trinajstić information content (AvgIpc) is 3.33. The van der Waals surface area contributed by atoms with E-state index < -0.39 is 0 Å². The molecule has 1 N–H and O–H groups in total. The van der Waals surface area contributed by atoms with Crippen molar-refractivity contribution in [3.05, 3.63) is 47.6 Å². The number of likely N-dealkylation sites (tertiary alicyclic amines) is 1. The molecule has 2 atom stereocenters. The molecule has 0 amide bonds. The molecule has 0 spiro atoms. The molecule has 1 saturated heterocycles. The van der Waals surface area contributed by atoms with Gasteiger partial charge < -0.3 is 14.7 Å². The fraction of sp³-hybridized carbons (Fsp3) is 0.500. The van der Waals surface area contributed by atoms with Gasteiger partial charge in [0.1, 0.15) is 10.1 Å². The van der Waals surface area contributed by atoms with Crippen molar-refractivity contribution in [3.8, 4) is 5.75 Å². The van der Waals surface area contributed by atoms with Crippen LogP contribution in [0.3, 0.4) is 0 Å². The number of piperidine rings is 1. The molecule has 0 radical (unpaired) electrons. The highest BCUT2D eigenvalue weighted by Gasteiger charge is 2.28. The molecule has 3 heterocycles. The van der Waals surface area contributed by atoms with Crippen LogP contribution in [0.5, 0.6) is 5.75 Å². The lowest BCUT2D eigenvalue weighted by Gasteiger charge is -2.38. The first-order chi connectivity index (χ1) is 15.3. The summed E-state index contributed by atoms with van der Waals surface area (Å²) in [6.07, 6.45) is 8.29. The van der Waals surface area contributed by atoms with Gasteiger partial charge in [0.05, 0.1) is 12.6 Å². The number of benzene rings is 1. The highest BCUT2D eigenvalue weighted by Crippen LogP contribution is 2.30. The Bertz CT molecular complexity index is 951. The number of hydrogen-bond donors (Lipinski definition) is 1. The van der Waals surface area contributed by atoms with Crippen molar-refractivity contribution >= 4 is 34.0 Å². The minimum Gasteiger partial charge on any atom is -0.497 e. The van der Waals surface area contributed by atoms with Crippen LogP contribution in [0.1, 0.15) is 24.8 Å². The number of methoxy groups -OCH3 is 1. The molecule has 4 rings (SSSR count). The lowest BCUT2D eigenvalue weighted by atomic mass is 9.82. The maximum absolute atomic E-state index is 10.0. The summed E-state index contributed by atoms with van der Waals surface area (Å²) in [5, 5.41) is 13.2. The largest absolute Gasteiger partial charge is 0.497 e. The first-order valence-corrected chi connectivity index (χ1v) is 12.9. The summed E-state index contributed by atoms with van der Waals surface area (Å²) < 4.78 is 6.55. The van der Waals surface area contributed by atoms with E-state index in [-0.39, 0.29) is 6.61 Å². The molecule has 1 aliphatic rings. The number of rotatable bonds is 10. The van der Waals surface area contributed by atoms with Crippen molar-refractivity contribution in [2.75, 3.05) is 39.1 Å². The molecule has 0 aliphatic carbocycles. The molecule has 1 aliphatic heterocycles. The fourth-order valence-corrected chi connectivity index (χ4v) is 6.28. The van der Waals surface area contributed by atoms with Crippen molar-refractivity contribution in [1.82, 2.24) is 14.9 Å². The summed E-state index contributed by atoms with van der Waals surface area (Å²) in [7, 11) is 1.70. The van der Waals surface area contributed by atoms with E-state index in [1.165, 1.54) is 23.8 Å². The number of nitrogens with zero attached hydrogens (tertiary/aromatic N) is 3. The van der Waals surface area contributed by atoms with Gasteiger partial charge in [0.2, 0.25) is 0 Å². The van der Waals surface area contributed by atoms with Gasteiger partial charge in [-0.2, -0.15) is 0 Å². The van der Waals surface area contributed by atoms with Crippen molar-refractivity contribution < 1.29 is 9.84 Å². The van der Waals surface area contributed by atoms with E-state index in [1.54, 1.807) is 18.4 Å². The van der Waals surface area contributed by atoms with E-state index in [9.17, 15) is 5.11 Å². The molecule has 7 heteroatoms. The molecule has 0 saturated carbocycles. The molecule has 0 unspecified atom stereocenters. The van der Waals surface area contributed by atoms with Crippen molar-refractivity contribution in [2.24, 2.45) is 11.8 Å². The van der Waals surface area contributed by atoms with Gasteiger partial charge in [-0.05, 0) is 73.9 Å². The third kappa shape index (κ3) is 5.98. The molecule has 1 aromatic carbocycles. The molecular weight excluding hydrogens is 426 g/mol. The van der Waals surface area contributed by atoms with Crippen LogP contribution >= 0.6 is 23.1 Å². The number of thiazole rings is 1. The van der Waals surface area contributed by atoms with Gasteiger partial charge in [0.25, 0.3) is 0 Å². The van der Waals surface area contributed by atoms with Gasteiger partial charge in [-0.15, -0.1) is 11.3 Å². The number of hydrogen-bond acceptors (Lipinski definition) is 7. The van der Waals surface area contributed by atoms with Crippen LogP contribution in [-0.2, 0) is 6.42 Å². The third-order valence-corrected chi connectivity index (χ3v) is 8.26. The molecular formula is C24H31N3O2S2. The number of fused-ring (bicyclic) bond motifs is 1. The molecule has 2 aromatic heterocycles. The average molecular weight is 458 g/mol. The zero-order chi connectivity index (χ0) is 21.5. The van der Waals surface area contributed by atoms with Gasteiger partial charge in [-0.3, -0.25) is 4.98 Å². The van der Waals surface area contributed by atoms with Crippen molar-refractivity contribution in [3.63, 3.8) is 0 Å². The second-order valence-corrected chi connectivity index (χ2v) is 10.4. The lowest BCUT2D eigenvalue weighted by Crippen LogP contribution is -2.42. The Morgan fingerprint density at radius 2 is 2.16 bits per heavy atom. The topological polar surface area (TPSA) is 58.5 Å². The van der Waals surface area contributed by atoms with Gasteiger partial charge in [-0.1, -0.05) is 11.8 Å². The van der Waals surface area contributed by atoms with Crippen LogP contribution in [0.2, 0.25) is 0 Å². The van der Waals surface area contributed by atoms with E-state index in [4.69, 9.17) is 4.74 Å². The van der Waals surface area contributed by atoms with Gasteiger partial charge in [0.15, 0.2) is 0 Å². The maximum atomic E-state index is 10.0. The zero-order valence-electron chi connectivity index (χ0n) is 18.1. The minimum atomic E-state index is 0.288. The van der Waals surface area contributed by atoms with E-state index in [2.05, 4.69) is 27.0 Å². The molecule has 1 fully saturated rings. The standard InChI is InChI=1S/C24H31N3O2S2/c1-29-21-5-6-23-22(15-21)19(7-9-25-23)4-2-3-18-8-11-27(16-20(18)17-28)12-14-31-24-26-10-13-30-24/h5-7,9-10,13,15,18,20,28H,2-4,8,11-12,14,16-17H2,1H3/t18-,20-/m1/s1. The third-order valence-electron chi connectivity index (χ3n) is 6.31. The van der Waals surface area contributed by atoms with Gasteiger partial charge >= 0.3 is 0 Å². The Morgan fingerprint density at radius 3 is 2.97 bits per heavy atom.